The molecule has 0 bridgehead atoms. The van der Waals surface area contributed by atoms with Crippen LogP contribution in [0.4, 0.5) is 9.59 Å². The van der Waals surface area contributed by atoms with Gasteiger partial charge in [0.15, 0.2) is 0 Å². The smallest absolute Gasteiger partial charge is 0.320 e. The summed E-state index contributed by atoms with van der Waals surface area (Å²) >= 11 is 0. The van der Waals surface area contributed by atoms with Crippen molar-refractivity contribution in [1.29, 1.82) is 0 Å². The molecule has 0 spiro atoms. The fourth-order valence-corrected chi connectivity index (χ4v) is 9.68. The van der Waals surface area contributed by atoms with Crippen molar-refractivity contribution in [3.63, 3.8) is 0 Å². The third-order valence-electron chi connectivity index (χ3n) is 14.3. The molecule has 5 atom stereocenters. The quantitative estimate of drug-likeness (QED) is 0.139. The van der Waals surface area contributed by atoms with Crippen LogP contribution < -0.4 is 5.32 Å². The molecule has 6 amide bonds. The Labute approximate surface area is 445 Å². The average molecular weight is 1030 g/mol. The summed E-state index contributed by atoms with van der Waals surface area (Å²) in [5, 5.41) is 22.1. The molecule has 4 saturated heterocycles. The van der Waals surface area contributed by atoms with Crippen LogP contribution in [0.1, 0.15) is 79.8 Å². The predicted octanol–water partition coefficient (Wildman–Crippen LogP) is 7.64. The Hall–Kier alpha value is -5.10. The number of amides is 6. The van der Waals surface area contributed by atoms with E-state index >= 15 is 0 Å². The summed E-state index contributed by atoms with van der Waals surface area (Å²) in [5.74, 6) is -0.0323. The van der Waals surface area contributed by atoms with Crippen molar-refractivity contribution < 1.29 is 29.4 Å². The SMILES string of the molecule is C.C.C.Cc1ccc(-c2ccc(C(=O)N(C)[C@H]3CCN(C(=O)N(C)C4CCN(C[C@H](O)CO)C4)C3)cc2)cc1.Cc1ccc(-c2ccc(C(=O)N(C)[C@H]3CCN(C(=O)N(C)C4CCNC4)C3)cc2)cc1.S.S. The van der Waals surface area contributed by atoms with Gasteiger partial charge >= 0.3 is 12.1 Å². The monoisotopic (exact) mass is 1030 g/mol. The molecule has 0 aliphatic carbocycles. The Morgan fingerprint density at radius 1 is 0.542 bits per heavy atom. The molecule has 4 heterocycles. The van der Waals surface area contributed by atoms with Crippen LogP contribution in [0.2, 0.25) is 0 Å². The van der Waals surface area contributed by atoms with Crippen LogP contribution in [0.15, 0.2) is 97.1 Å². The minimum atomic E-state index is -0.754. The molecule has 0 radical (unpaired) electrons. The van der Waals surface area contributed by atoms with Crippen LogP contribution in [-0.4, -0.2) is 192 Å². The first-order valence-corrected chi connectivity index (χ1v) is 23.8. The maximum absolute atomic E-state index is 13.2. The highest BCUT2D eigenvalue weighted by Gasteiger charge is 2.37. The number of rotatable bonds is 11. The van der Waals surface area contributed by atoms with Gasteiger partial charge < -0.3 is 44.9 Å². The summed E-state index contributed by atoms with van der Waals surface area (Å²) < 4.78 is 0. The number of likely N-dealkylation sites (N-methyl/N-ethyl adjacent to an activating group) is 4. The number of carbonyl (C=O) groups excluding carboxylic acids is 4. The van der Waals surface area contributed by atoms with Crippen molar-refractivity contribution in [2.75, 3.05) is 93.7 Å². The minimum Gasteiger partial charge on any atom is -0.394 e. The lowest BCUT2D eigenvalue weighted by atomic mass is 10.0. The van der Waals surface area contributed by atoms with Crippen molar-refractivity contribution in [3.8, 4) is 22.3 Å². The van der Waals surface area contributed by atoms with Crippen LogP contribution in [0, 0.1) is 13.8 Å². The van der Waals surface area contributed by atoms with Gasteiger partial charge in [-0.25, -0.2) is 9.59 Å². The van der Waals surface area contributed by atoms with Crippen LogP contribution in [-0.2, 0) is 0 Å². The molecular formula is C56H86N8O6S2. The minimum absolute atomic E-state index is 0. The number of aliphatic hydroxyl groups excluding tert-OH is 2. The molecule has 8 rings (SSSR count). The number of carbonyl (C=O) groups is 4. The number of hydrogen-bond donors (Lipinski definition) is 3. The number of urea groups is 2. The second-order valence-corrected chi connectivity index (χ2v) is 19.0. The number of likely N-dealkylation sites (tertiary alicyclic amines) is 3. The van der Waals surface area contributed by atoms with E-state index in [9.17, 15) is 24.3 Å². The van der Waals surface area contributed by atoms with Gasteiger partial charge in [-0.15, -0.1) is 0 Å². The summed E-state index contributed by atoms with van der Waals surface area (Å²) in [6.45, 7) is 10.0. The summed E-state index contributed by atoms with van der Waals surface area (Å²) in [4.78, 5) is 65.2. The highest BCUT2D eigenvalue weighted by atomic mass is 32.1. The van der Waals surface area contributed by atoms with Crippen molar-refractivity contribution in [2.45, 2.75) is 92.1 Å². The van der Waals surface area contributed by atoms with Crippen molar-refractivity contribution in [2.24, 2.45) is 0 Å². The van der Waals surface area contributed by atoms with Crippen molar-refractivity contribution in [3.05, 3.63) is 119 Å². The van der Waals surface area contributed by atoms with E-state index in [0.29, 0.717) is 50.4 Å². The van der Waals surface area contributed by atoms with E-state index in [0.717, 1.165) is 67.6 Å². The first-order valence-electron chi connectivity index (χ1n) is 23.8. The van der Waals surface area contributed by atoms with Gasteiger partial charge in [-0.3, -0.25) is 14.5 Å². The first-order chi connectivity index (χ1) is 32.2. The molecule has 14 nitrogen and oxygen atoms in total. The van der Waals surface area contributed by atoms with E-state index in [1.807, 2.05) is 91.4 Å². The molecule has 0 aromatic heterocycles. The highest BCUT2D eigenvalue weighted by molar-refractivity contribution is 7.59. The third-order valence-corrected chi connectivity index (χ3v) is 14.3. The number of benzene rings is 4. The van der Waals surface area contributed by atoms with E-state index < -0.39 is 6.10 Å². The zero-order valence-corrected chi connectivity index (χ0v) is 43.2. The van der Waals surface area contributed by atoms with Gasteiger partial charge in [0, 0.05) is 104 Å². The second kappa shape index (κ2) is 29.0. The topological polar surface area (TPSA) is 143 Å². The van der Waals surface area contributed by atoms with Gasteiger partial charge in [-0.05, 0) is 92.6 Å². The number of nitrogens with one attached hydrogen (secondary N) is 1. The molecule has 4 aromatic carbocycles. The normalized spacial score (nSPS) is 19.4. The molecule has 3 N–H and O–H groups in total. The lowest BCUT2D eigenvalue weighted by Gasteiger charge is -2.30. The number of nitrogens with zero attached hydrogens (tertiary/aromatic N) is 7. The molecule has 4 aromatic rings. The summed E-state index contributed by atoms with van der Waals surface area (Å²) in [7, 11) is 7.38. The zero-order valence-electron chi connectivity index (χ0n) is 41.2. The molecule has 72 heavy (non-hydrogen) atoms. The molecule has 0 saturated carbocycles. The van der Waals surface area contributed by atoms with E-state index in [4.69, 9.17) is 5.11 Å². The molecular weight excluding hydrogens is 945 g/mol. The molecule has 4 aliphatic heterocycles. The van der Waals surface area contributed by atoms with E-state index in [1.165, 1.54) is 11.1 Å². The fraction of sp³-hybridized carbons (Fsp3) is 0.500. The predicted molar refractivity (Wildman–Crippen MR) is 304 cm³/mol. The molecule has 4 aliphatic rings. The Kier molecular flexibility index (Phi) is 25.3. The first kappa shape index (κ1) is 63.0. The van der Waals surface area contributed by atoms with Crippen molar-refractivity contribution >= 4 is 50.9 Å². The van der Waals surface area contributed by atoms with Crippen LogP contribution in [0.5, 0.6) is 0 Å². The molecule has 4 fully saturated rings. The molecule has 16 heteroatoms. The van der Waals surface area contributed by atoms with Crippen LogP contribution in [0.25, 0.3) is 22.3 Å². The standard InChI is InChI=1S/C28H38N4O4.C25H32N4O2.3CH4.2H2S/c1-20-4-6-21(7-5-20)22-8-10-23(11-9-22)27(35)29(2)25-13-15-32(17-25)28(36)30(3)24-12-14-31(16-24)18-26(34)19-33;1-18-4-6-19(7-5-18)20-8-10-21(11-9-20)24(30)27(2)23-13-15-29(17-23)25(31)28(3)22-12-14-26-16-22;;;;;/h4-11,24-26,33-34H,12-19H2,1-3H3;4-11,22-23,26H,12-17H2,1-3H3;3*1H4;2*1H2/t24?,25-,26-;22?,23-;;;;;/m00...../s1. The number of aryl methyl sites for hydroxylation is 2. The summed E-state index contributed by atoms with van der Waals surface area (Å²) in [6, 6.07) is 32.6. The molecule has 2 unspecified atom stereocenters. The maximum Gasteiger partial charge on any atom is 0.320 e. The lowest BCUT2D eigenvalue weighted by molar-refractivity contribution is 0.0640. The molecule has 398 valence electrons. The Bertz CT molecular complexity index is 2300. The number of β-amino-alcohol motifs (C(OH)–C–C–N with tert-alkyl or cyclic N) is 1. The zero-order chi connectivity index (χ0) is 47.8. The summed E-state index contributed by atoms with van der Waals surface area (Å²) in [5.41, 5.74) is 8.20. The maximum atomic E-state index is 13.2. The second-order valence-electron chi connectivity index (χ2n) is 19.0. The Morgan fingerprint density at radius 2 is 0.903 bits per heavy atom. The van der Waals surface area contributed by atoms with Gasteiger partial charge in [-0.2, -0.15) is 27.0 Å². The van der Waals surface area contributed by atoms with Gasteiger partial charge in [-0.1, -0.05) is 106 Å². The van der Waals surface area contributed by atoms with Gasteiger partial charge in [0.1, 0.15) is 0 Å². The van der Waals surface area contributed by atoms with Gasteiger partial charge in [0.2, 0.25) is 0 Å². The number of aliphatic hydroxyl groups is 2. The van der Waals surface area contributed by atoms with Gasteiger partial charge in [0.05, 0.1) is 24.8 Å². The highest BCUT2D eigenvalue weighted by Crippen LogP contribution is 2.26. The Balaban J connectivity index is 0.000000465. The lowest BCUT2D eigenvalue weighted by Crippen LogP contribution is -2.47. The van der Waals surface area contributed by atoms with Gasteiger partial charge in [0.25, 0.3) is 11.8 Å². The fourth-order valence-electron chi connectivity index (χ4n) is 9.68. The summed E-state index contributed by atoms with van der Waals surface area (Å²) in [6.07, 6.45) is 2.65. The Morgan fingerprint density at radius 3 is 1.28 bits per heavy atom. The average Bonchev–Trinajstić information content (AvgIpc) is 4.22. The number of hydrogen-bond acceptors (Lipinski definition) is 8. The van der Waals surface area contributed by atoms with E-state index in [2.05, 4.69) is 72.6 Å². The van der Waals surface area contributed by atoms with Crippen molar-refractivity contribution in [1.82, 2.24) is 39.6 Å². The van der Waals surface area contributed by atoms with Crippen LogP contribution in [0.3, 0.4) is 0 Å². The van der Waals surface area contributed by atoms with Crippen LogP contribution >= 0.6 is 27.0 Å². The third kappa shape index (κ3) is 15.5. The largest absolute Gasteiger partial charge is 0.394 e. The van der Waals surface area contributed by atoms with E-state index in [-0.39, 0.29) is 104 Å². The van der Waals surface area contributed by atoms with E-state index in [1.54, 1.807) is 14.7 Å².